The Hall–Kier alpha value is -4.46. The van der Waals surface area contributed by atoms with Gasteiger partial charge in [-0.1, -0.05) is 49.0 Å². The van der Waals surface area contributed by atoms with Crippen molar-refractivity contribution in [1.29, 1.82) is 0 Å². The standard InChI is InChI=1S/C33H35NO7/c1-3-29(35)40-20-10-5-4-9-19-39-28-16-15-25-21-27(14-13-26(25)22-28)33(38)41-30-23(2)31(36)34(32(30)37)18-17-24-11-7-6-8-12-24/h3,6-8,11-16,21-23,30H,1,4-5,9-10,17-20H2,2H3/t23-,30-/m1/s1. The van der Waals surface area contributed by atoms with E-state index >= 15 is 0 Å². The number of hydrogen-bond donors (Lipinski definition) is 0. The molecule has 0 N–H and O–H groups in total. The number of carbonyl (C=O) groups is 4. The number of esters is 2. The lowest BCUT2D eigenvalue weighted by atomic mass is 10.1. The van der Waals surface area contributed by atoms with Gasteiger partial charge in [-0.05, 0) is 79.6 Å². The number of imide groups is 1. The number of fused-ring (bicyclic) bond motifs is 1. The van der Waals surface area contributed by atoms with Crippen LogP contribution in [0.1, 0.15) is 48.5 Å². The predicted molar refractivity (Wildman–Crippen MR) is 154 cm³/mol. The predicted octanol–water partition coefficient (Wildman–Crippen LogP) is 5.28. The fraction of sp³-hybridized carbons (Fsp3) is 0.333. The molecule has 41 heavy (non-hydrogen) atoms. The molecule has 1 saturated heterocycles. The highest BCUT2D eigenvalue weighted by molar-refractivity contribution is 6.08. The molecule has 0 aliphatic carbocycles. The van der Waals surface area contributed by atoms with Gasteiger partial charge in [-0.15, -0.1) is 0 Å². The summed E-state index contributed by atoms with van der Waals surface area (Å²) in [5.74, 6) is -1.86. The molecule has 0 bridgehead atoms. The first-order valence-corrected chi connectivity index (χ1v) is 13.9. The smallest absolute Gasteiger partial charge is 0.338 e. The SMILES string of the molecule is C=CC(=O)OCCCCCCOc1ccc2cc(C(=O)O[C@H]3C(=O)N(CCc4ccccc4)C(=O)[C@@H]3C)ccc2c1. The van der Waals surface area contributed by atoms with Crippen LogP contribution < -0.4 is 4.74 Å². The van der Waals surface area contributed by atoms with E-state index in [0.717, 1.165) is 53.8 Å². The maximum Gasteiger partial charge on any atom is 0.338 e. The Labute approximate surface area is 239 Å². The van der Waals surface area contributed by atoms with Gasteiger partial charge in [0.25, 0.3) is 5.91 Å². The van der Waals surface area contributed by atoms with Crippen molar-refractivity contribution in [3.63, 3.8) is 0 Å². The molecule has 3 aromatic rings. The molecule has 1 heterocycles. The first-order chi connectivity index (χ1) is 19.9. The van der Waals surface area contributed by atoms with Gasteiger partial charge in [-0.25, -0.2) is 9.59 Å². The van der Waals surface area contributed by atoms with Gasteiger partial charge in [0.15, 0.2) is 6.10 Å². The second-order valence-electron chi connectivity index (χ2n) is 10.0. The number of likely N-dealkylation sites (tertiary alicyclic amines) is 1. The minimum atomic E-state index is -1.14. The lowest BCUT2D eigenvalue weighted by Gasteiger charge is -2.15. The molecule has 0 radical (unpaired) electrons. The van der Waals surface area contributed by atoms with Gasteiger partial charge in [-0.3, -0.25) is 14.5 Å². The van der Waals surface area contributed by atoms with Crippen molar-refractivity contribution in [2.24, 2.45) is 5.92 Å². The summed E-state index contributed by atoms with van der Waals surface area (Å²) in [6.45, 7) is 6.19. The molecule has 0 saturated carbocycles. The van der Waals surface area contributed by atoms with E-state index in [-0.39, 0.29) is 12.5 Å². The van der Waals surface area contributed by atoms with Crippen LogP contribution in [0, 0.1) is 5.92 Å². The summed E-state index contributed by atoms with van der Waals surface area (Å²) in [6, 6.07) is 20.4. The molecular weight excluding hydrogens is 522 g/mol. The lowest BCUT2D eigenvalue weighted by molar-refractivity contribution is -0.141. The van der Waals surface area contributed by atoms with E-state index in [4.69, 9.17) is 14.2 Å². The summed E-state index contributed by atoms with van der Waals surface area (Å²) >= 11 is 0. The molecule has 1 aliphatic heterocycles. The molecule has 3 aromatic carbocycles. The highest BCUT2D eigenvalue weighted by Gasteiger charge is 2.47. The van der Waals surface area contributed by atoms with Crippen LogP contribution in [0.3, 0.4) is 0 Å². The summed E-state index contributed by atoms with van der Waals surface area (Å²) in [5.41, 5.74) is 1.33. The van der Waals surface area contributed by atoms with Gasteiger partial charge >= 0.3 is 11.9 Å². The van der Waals surface area contributed by atoms with Crippen LogP contribution >= 0.6 is 0 Å². The largest absolute Gasteiger partial charge is 0.494 e. The van der Waals surface area contributed by atoms with E-state index in [0.29, 0.717) is 25.2 Å². The van der Waals surface area contributed by atoms with Gasteiger partial charge in [0.05, 0.1) is 24.7 Å². The number of benzene rings is 3. The zero-order valence-electron chi connectivity index (χ0n) is 23.3. The second-order valence-corrected chi connectivity index (χ2v) is 10.0. The molecule has 1 aliphatic rings. The Balaban J connectivity index is 1.26. The van der Waals surface area contributed by atoms with Gasteiger partial charge in [-0.2, -0.15) is 0 Å². The molecule has 214 valence electrons. The molecular formula is C33H35NO7. The second kappa shape index (κ2) is 14.3. The van der Waals surface area contributed by atoms with Crippen LogP contribution in [0.2, 0.25) is 0 Å². The Bertz CT molecular complexity index is 1400. The van der Waals surface area contributed by atoms with Crippen molar-refractivity contribution in [2.45, 2.75) is 45.1 Å². The molecule has 2 atom stereocenters. The van der Waals surface area contributed by atoms with E-state index in [9.17, 15) is 19.2 Å². The van der Waals surface area contributed by atoms with E-state index in [1.165, 1.54) is 4.90 Å². The Kier molecular flexibility index (Phi) is 10.3. The molecule has 4 rings (SSSR count). The molecule has 0 spiro atoms. The zero-order valence-corrected chi connectivity index (χ0v) is 23.3. The molecule has 0 unspecified atom stereocenters. The normalized spacial score (nSPS) is 16.6. The maximum absolute atomic E-state index is 13.0. The van der Waals surface area contributed by atoms with E-state index in [1.54, 1.807) is 25.1 Å². The number of rotatable bonds is 14. The average Bonchev–Trinajstić information content (AvgIpc) is 3.19. The fourth-order valence-corrected chi connectivity index (χ4v) is 4.71. The van der Waals surface area contributed by atoms with Crippen molar-refractivity contribution in [3.05, 3.63) is 90.5 Å². The third-order valence-electron chi connectivity index (χ3n) is 7.09. The summed E-state index contributed by atoms with van der Waals surface area (Å²) in [7, 11) is 0. The van der Waals surface area contributed by atoms with Crippen molar-refractivity contribution in [2.75, 3.05) is 19.8 Å². The summed E-state index contributed by atoms with van der Waals surface area (Å²) in [6.07, 6.45) is 4.14. The zero-order chi connectivity index (χ0) is 29.2. The van der Waals surface area contributed by atoms with Gasteiger partial charge < -0.3 is 14.2 Å². The van der Waals surface area contributed by atoms with Crippen LogP contribution in [-0.4, -0.2) is 54.5 Å². The van der Waals surface area contributed by atoms with Crippen molar-refractivity contribution in [3.8, 4) is 5.75 Å². The summed E-state index contributed by atoms with van der Waals surface area (Å²) in [5, 5.41) is 1.72. The van der Waals surface area contributed by atoms with Gasteiger partial charge in [0.1, 0.15) is 5.75 Å². The third kappa shape index (κ3) is 7.81. The van der Waals surface area contributed by atoms with Crippen molar-refractivity contribution in [1.82, 2.24) is 4.90 Å². The molecule has 8 heteroatoms. The van der Waals surface area contributed by atoms with E-state index in [2.05, 4.69) is 6.58 Å². The number of ether oxygens (including phenoxy) is 3. The average molecular weight is 558 g/mol. The number of hydrogen-bond acceptors (Lipinski definition) is 7. The minimum absolute atomic E-state index is 0.244. The Morgan fingerprint density at radius 2 is 1.59 bits per heavy atom. The van der Waals surface area contributed by atoms with Gasteiger partial charge in [0.2, 0.25) is 5.91 Å². The fourth-order valence-electron chi connectivity index (χ4n) is 4.71. The lowest BCUT2D eigenvalue weighted by Crippen LogP contribution is -2.35. The maximum atomic E-state index is 13.0. The highest BCUT2D eigenvalue weighted by Crippen LogP contribution is 2.26. The van der Waals surface area contributed by atoms with Crippen molar-refractivity contribution >= 4 is 34.5 Å². The molecule has 2 amide bonds. The van der Waals surface area contributed by atoms with Gasteiger partial charge in [0, 0.05) is 12.6 Å². The highest BCUT2D eigenvalue weighted by atomic mass is 16.6. The quantitative estimate of drug-likeness (QED) is 0.115. The topological polar surface area (TPSA) is 99.2 Å². The van der Waals surface area contributed by atoms with Crippen LogP contribution in [-0.2, 0) is 30.3 Å². The number of carbonyl (C=O) groups excluding carboxylic acids is 4. The summed E-state index contributed by atoms with van der Waals surface area (Å²) < 4.78 is 16.4. The number of unbranched alkanes of at least 4 members (excludes halogenated alkanes) is 3. The van der Waals surface area contributed by atoms with Crippen molar-refractivity contribution < 1.29 is 33.4 Å². The van der Waals surface area contributed by atoms with Crippen LogP contribution in [0.25, 0.3) is 10.8 Å². The molecule has 0 aromatic heterocycles. The third-order valence-corrected chi connectivity index (χ3v) is 7.09. The van der Waals surface area contributed by atoms with E-state index in [1.807, 2.05) is 48.5 Å². The number of amides is 2. The minimum Gasteiger partial charge on any atom is -0.494 e. The van der Waals surface area contributed by atoms with Crippen LogP contribution in [0.4, 0.5) is 0 Å². The monoisotopic (exact) mass is 557 g/mol. The summed E-state index contributed by atoms with van der Waals surface area (Å²) in [4.78, 5) is 50.9. The Morgan fingerprint density at radius 3 is 2.34 bits per heavy atom. The molecule has 1 fully saturated rings. The molecule has 8 nitrogen and oxygen atoms in total. The first-order valence-electron chi connectivity index (χ1n) is 13.9. The number of nitrogens with zero attached hydrogens (tertiary/aromatic N) is 1. The Morgan fingerprint density at radius 1 is 0.878 bits per heavy atom. The first kappa shape index (κ1) is 29.5. The van der Waals surface area contributed by atoms with E-state index < -0.39 is 29.9 Å². The van der Waals surface area contributed by atoms with Crippen LogP contribution in [0.5, 0.6) is 5.75 Å². The van der Waals surface area contributed by atoms with Crippen LogP contribution in [0.15, 0.2) is 79.4 Å².